The first-order valence-corrected chi connectivity index (χ1v) is 7.42. The fourth-order valence-electron chi connectivity index (χ4n) is 2.75. The molecule has 0 unspecified atom stereocenters. The van der Waals surface area contributed by atoms with E-state index in [0.717, 1.165) is 31.0 Å². The van der Waals surface area contributed by atoms with Gasteiger partial charge in [-0.05, 0) is 26.3 Å². The fraction of sp³-hybridized carbons (Fsp3) is 0.571. The summed E-state index contributed by atoms with van der Waals surface area (Å²) in [7, 11) is 0. The Hall–Kier alpha value is -2.18. The number of nitrogens with zero attached hydrogens (tertiary/aromatic N) is 6. The summed E-state index contributed by atoms with van der Waals surface area (Å²) in [5.74, 6) is 1.63. The van der Waals surface area contributed by atoms with Crippen LogP contribution in [0.1, 0.15) is 39.1 Å². The third kappa shape index (κ3) is 2.22. The maximum absolute atomic E-state index is 12.4. The number of aryl methyl sites for hydroxylation is 1. The van der Waals surface area contributed by atoms with E-state index < -0.39 is 0 Å². The first-order valence-electron chi connectivity index (χ1n) is 7.42. The molecule has 0 saturated heterocycles. The average Bonchev–Trinajstić information content (AvgIpc) is 3.10. The molecule has 112 valence electrons. The van der Waals surface area contributed by atoms with Crippen molar-refractivity contribution in [1.29, 1.82) is 0 Å². The number of rotatable bonds is 4. The number of fused-ring (bicyclic) bond motifs is 1. The lowest BCUT2D eigenvalue weighted by Crippen LogP contribution is -2.42. The highest BCUT2D eigenvalue weighted by atomic mass is 16.2. The zero-order chi connectivity index (χ0) is 15.0. The van der Waals surface area contributed by atoms with Gasteiger partial charge in [0.1, 0.15) is 11.7 Å². The van der Waals surface area contributed by atoms with Crippen LogP contribution in [-0.2, 0) is 17.9 Å². The summed E-state index contributed by atoms with van der Waals surface area (Å²) in [5.41, 5.74) is 0.763. The summed E-state index contributed by atoms with van der Waals surface area (Å²) in [6.07, 6.45) is 2.86. The summed E-state index contributed by atoms with van der Waals surface area (Å²) in [5, 5.41) is 13.0. The van der Waals surface area contributed by atoms with E-state index >= 15 is 0 Å². The van der Waals surface area contributed by atoms with Crippen molar-refractivity contribution in [2.24, 2.45) is 0 Å². The summed E-state index contributed by atoms with van der Waals surface area (Å²) < 4.78 is 3.76. The van der Waals surface area contributed by atoms with Gasteiger partial charge in [-0.15, -0.1) is 10.2 Å². The quantitative estimate of drug-likeness (QED) is 0.854. The van der Waals surface area contributed by atoms with Crippen molar-refractivity contribution in [3.8, 4) is 11.5 Å². The van der Waals surface area contributed by atoms with Crippen LogP contribution in [-0.4, -0.2) is 41.9 Å². The Morgan fingerprint density at radius 2 is 2.14 bits per heavy atom. The van der Waals surface area contributed by atoms with Crippen LogP contribution in [0.5, 0.6) is 0 Å². The number of amides is 1. The lowest BCUT2D eigenvalue weighted by molar-refractivity contribution is -0.136. The van der Waals surface area contributed by atoms with Gasteiger partial charge in [-0.2, -0.15) is 5.10 Å². The molecule has 0 aliphatic carbocycles. The van der Waals surface area contributed by atoms with Gasteiger partial charge in [-0.25, -0.2) is 0 Å². The molecule has 0 radical (unpaired) electrons. The van der Waals surface area contributed by atoms with Crippen molar-refractivity contribution in [2.75, 3.05) is 6.54 Å². The van der Waals surface area contributed by atoms with Crippen LogP contribution in [0.2, 0.25) is 0 Å². The molecule has 0 N–H and O–H groups in total. The minimum absolute atomic E-state index is 0.125. The van der Waals surface area contributed by atoms with E-state index in [4.69, 9.17) is 0 Å². The minimum Gasteiger partial charge on any atom is -0.333 e. The summed E-state index contributed by atoms with van der Waals surface area (Å²) in [6, 6.07) is 1.63. The number of carbonyl (C=O) groups is 1. The molecule has 7 nitrogen and oxygen atoms in total. The van der Waals surface area contributed by atoms with Crippen LogP contribution in [0.15, 0.2) is 12.3 Å². The lowest BCUT2D eigenvalue weighted by Gasteiger charge is -2.31. The fourth-order valence-corrected chi connectivity index (χ4v) is 2.75. The predicted molar refractivity (Wildman–Crippen MR) is 77.3 cm³/mol. The maximum atomic E-state index is 12.4. The Kier molecular flexibility index (Phi) is 3.48. The molecule has 0 saturated carbocycles. The van der Waals surface area contributed by atoms with Crippen LogP contribution >= 0.6 is 0 Å². The molecule has 7 heteroatoms. The van der Waals surface area contributed by atoms with Gasteiger partial charge in [-0.3, -0.25) is 14.0 Å². The van der Waals surface area contributed by atoms with E-state index in [1.54, 1.807) is 0 Å². The van der Waals surface area contributed by atoms with Crippen molar-refractivity contribution in [3.05, 3.63) is 18.1 Å². The molecule has 0 aromatic carbocycles. The van der Waals surface area contributed by atoms with E-state index in [-0.39, 0.29) is 11.9 Å². The van der Waals surface area contributed by atoms with E-state index in [0.29, 0.717) is 12.4 Å². The molecule has 2 aromatic heterocycles. The summed E-state index contributed by atoms with van der Waals surface area (Å²) in [4.78, 5) is 14.3. The van der Waals surface area contributed by atoms with Gasteiger partial charge < -0.3 is 4.90 Å². The van der Waals surface area contributed by atoms with Gasteiger partial charge >= 0.3 is 0 Å². The van der Waals surface area contributed by atoms with Crippen LogP contribution in [0.4, 0.5) is 0 Å². The first-order chi connectivity index (χ1) is 10.2. The van der Waals surface area contributed by atoms with E-state index in [2.05, 4.69) is 22.2 Å². The molecule has 0 bridgehead atoms. The van der Waals surface area contributed by atoms with Crippen molar-refractivity contribution < 1.29 is 4.79 Å². The van der Waals surface area contributed by atoms with Crippen molar-refractivity contribution in [2.45, 2.75) is 46.3 Å². The molecular weight excluding hydrogens is 268 g/mol. The number of hydrogen-bond donors (Lipinski definition) is 0. The first kappa shape index (κ1) is 13.8. The van der Waals surface area contributed by atoms with Gasteiger partial charge in [-0.1, -0.05) is 6.92 Å². The molecular formula is C14H20N6O. The topological polar surface area (TPSA) is 68.8 Å². The molecule has 0 spiro atoms. The molecule has 2 aromatic rings. The predicted octanol–water partition coefficient (Wildman–Crippen LogP) is 1.47. The molecule has 1 amide bonds. The number of aromatic nitrogens is 5. The molecule has 1 aliphatic heterocycles. The average molecular weight is 288 g/mol. The Balaban J connectivity index is 1.99. The molecule has 21 heavy (non-hydrogen) atoms. The minimum atomic E-state index is -0.280. The Morgan fingerprint density at radius 3 is 2.81 bits per heavy atom. The molecule has 0 fully saturated rings. The third-order valence-corrected chi connectivity index (χ3v) is 3.84. The van der Waals surface area contributed by atoms with E-state index in [9.17, 15) is 4.79 Å². The zero-order valence-corrected chi connectivity index (χ0v) is 12.7. The normalized spacial score (nSPS) is 18.1. The Bertz CT molecular complexity index is 658. The van der Waals surface area contributed by atoms with Crippen LogP contribution in [0.25, 0.3) is 11.5 Å². The number of hydrogen-bond acceptors (Lipinski definition) is 4. The Labute approximate surface area is 123 Å². The Morgan fingerprint density at radius 1 is 1.33 bits per heavy atom. The highest BCUT2D eigenvalue weighted by Gasteiger charge is 2.33. The van der Waals surface area contributed by atoms with Gasteiger partial charge in [0.15, 0.2) is 11.6 Å². The van der Waals surface area contributed by atoms with Crippen LogP contribution in [0.3, 0.4) is 0 Å². The third-order valence-electron chi connectivity index (χ3n) is 3.84. The van der Waals surface area contributed by atoms with E-state index in [1.807, 2.05) is 40.3 Å². The summed E-state index contributed by atoms with van der Waals surface area (Å²) in [6.45, 7) is 8.09. The largest absolute Gasteiger partial charge is 0.333 e. The lowest BCUT2D eigenvalue weighted by atomic mass is 10.2. The van der Waals surface area contributed by atoms with Crippen molar-refractivity contribution >= 4 is 5.91 Å². The smallest absolute Gasteiger partial charge is 0.245 e. The molecule has 3 heterocycles. The molecule has 1 aliphatic rings. The summed E-state index contributed by atoms with van der Waals surface area (Å²) >= 11 is 0. The van der Waals surface area contributed by atoms with Gasteiger partial charge in [0.2, 0.25) is 5.91 Å². The van der Waals surface area contributed by atoms with Crippen LogP contribution < -0.4 is 0 Å². The van der Waals surface area contributed by atoms with Crippen molar-refractivity contribution in [1.82, 2.24) is 29.4 Å². The highest BCUT2D eigenvalue weighted by molar-refractivity contribution is 5.81. The standard InChI is InChI=1S/C14H20N6O/c1-4-7-18-9-12-15-16-13(20(12)10(3)14(18)21)11-6-8-19(5-2)17-11/h6,8,10H,4-5,7,9H2,1-3H3/t10-/m1/s1. The molecule has 1 atom stereocenters. The second-order valence-corrected chi connectivity index (χ2v) is 5.30. The van der Waals surface area contributed by atoms with Gasteiger partial charge in [0.25, 0.3) is 0 Å². The number of carbonyl (C=O) groups excluding carboxylic acids is 1. The monoisotopic (exact) mass is 288 g/mol. The van der Waals surface area contributed by atoms with Crippen molar-refractivity contribution in [3.63, 3.8) is 0 Å². The van der Waals surface area contributed by atoms with Gasteiger partial charge in [0.05, 0.1) is 6.54 Å². The van der Waals surface area contributed by atoms with Gasteiger partial charge in [0, 0.05) is 19.3 Å². The molecule has 3 rings (SSSR count). The SMILES string of the molecule is CCCN1Cc2nnc(-c3ccn(CC)n3)n2[C@H](C)C1=O. The highest BCUT2D eigenvalue weighted by Crippen LogP contribution is 2.27. The zero-order valence-electron chi connectivity index (χ0n) is 12.7. The van der Waals surface area contributed by atoms with Crippen LogP contribution in [0, 0.1) is 0 Å². The maximum Gasteiger partial charge on any atom is 0.245 e. The second kappa shape index (κ2) is 5.31. The second-order valence-electron chi connectivity index (χ2n) is 5.30. The van der Waals surface area contributed by atoms with E-state index in [1.165, 1.54) is 0 Å².